The van der Waals surface area contributed by atoms with Gasteiger partial charge >= 0.3 is 5.97 Å². The lowest BCUT2D eigenvalue weighted by Gasteiger charge is -2.39. The van der Waals surface area contributed by atoms with Crippen LogP contribution in [0, 0.1) is 0 Å². The summed E-state index contributed by atoms with van der Waals surface area (Å²) in [5.41, 5.74) is 3.85. The third-order valence-electron chi connectivity index (χ3n) is 6.79. The zero-order valence-corrected chi connectivity index (χ0v) is 18.9. The molecule has 0 saturated carbocycles. The molecule has 1 atom stereocenters. The predicted octanol–water partition coefficient (Wildman–Crippen LogP) is 6.44. The lowest BCUT2D eigenvalue weighted by molar-refractivity contribution is -0.147. The summed E-state index contributed by atoms with van der Waals surface area (Å²) in [7, 11) is 0. The summed E-state index contributed by atoms with van der Waals surface area (Å²) >= 11 is 0. The van der Waals surface area contributed by atoms with E-state index in [0.717, 1.165) is 22.3 Å². The van der Waals surface area contributed by atoms with Crippen molar-refractivity contribution < 1.29 is 14.7 Å². The van der Waals surface area contributed by atoms with Crippen molar-refractivity contribution in [1.82, 2.24) is 0 Å². The number of anilines is 2. The fraction of sp³-hybridized carbons (Fsp3) is 0.133. The molecule has 0 aliphatic heterocycles. The second-order valence-corrected chi connectivity index (χ2v) is 8.74. The average molecular weight is 448 g/mol. The first-order chi connectivity index (χ1) is 16.5. The van der Waals surface area contributed by atoms with Crippen molar-refractivity contribution in [3.63, 3.8) is 0 Å². The molecule has 4 aromatic rings. The lowest BCUT2D eigenvalue weighted by Crippen LogP contribution is -2.56. The van der Waals surface area contributed by atoms with Crippen LogP contribution in [-0.2, 0) is 9.59 Å². The Kier molecular flexibility index (Phi) is 5.50. The number of carboxylic acids is 1. The van der Waals surface area contributed by atoms with Crippen LogP contribution in [0.2, 0.25) is 0 Å². The van der Waals surface area contributed by atoms with E-state index in [-0.39, 0.29) is 18.1 Å². The molecule has 0 aromatic heterocycles. The van der Waals surface area contributed by atoms with E-state index in [0.29, 0.717) is 11.4 Å². The van der Waals surface area contributed by atoms with Gasteiger partial charge in [-0.1, -0.05) is 84.9 Å². The number of benzene rings is 4. The molecule has 0 saturated heterocycles. The number of para-hydroxylation sites is 2. The maximum atomic E-state index is 14.0. The highest BCUT2D eigenvalue weighted by atomic mass is 16.4. The largest absolute Gasteiger partial charge is 0.479 e. The highest BCUT2D eigenvalue weighted by Crippen LogP contribution is 2.47. The molecule has 1 aliphatic carbocycles. The second-order valence-electron chi connectivity index (χ2n) is 8.74. The highest BCUT2D eigenvalue weighted by molar-refractivity contribution is 6.12. The second kappa shape index (κ2) is 8.64. The van der Waals surface area contributed by atoms with Gasteiger partial charge in [0.1, 0.15) is 0 Å². The molecule has 0 unspecified atom stereocenters. The minimum atomic E-state index is -1.80. The van der Waals surface area contributed by atoms with Gasteiger partial charge in [-0.15, -0.1) is 0 Å². The number of Topliss-reactive ketones (excluding diaryl/α,β-unsaturated/α-hetero) is 1. The molecule has 0 fully saturated rings. The first-order valence-electron chi connectivity index (χ1n) is 11.4. The molecule has 0 heterocycles. The smallest absolute Gasteiger partial charge is 0.337 e. The standard InChI is InChI=1S/C30H25NO3/c1-30(29(33)34,31(21-12-4-2-5-13-21)22-14-6-3-7-15-22)28(32)20-27-25-18-10-8-16-23(25)24-17-9-11-19-26(24)27/h2-19,27H,20H2,1H3,(H,33,34)/t30-/m1/s1. The molecule has 4 aromatic carbocycles. The zero-order chi connectivity index (χ0) is 23.7. The molecule has 1 aliphatic rings. The van der Waals surface area contributed by atoms with Crippen LogP contribution >= 0.6 is 0 Å². The SMILES string of the molecule is C[C@](C(=O)O)(C(=O)CC1c2ccccc2-c2ccccc21)N(c1ccccc1)c1ccccc1. The van der Waals surface area contributed by atoms with Gasteiger partial charge in [-0.2, -0.15) is 0 Å². The van der Waals surface area contributed by atoms with Crippen LogP contribution < -0.4 is 4.90 Å². The molecule has 1 N–H and O–H groups in total. The monoisotopic (exact) mass is 447 g/mol. The molecule has 0 amide bonds. The van der Waals surface area contributed by atoms with Crippen molar-refractivity contribution in [2.24, 2.45) is 0 Å². The number of carbonyl (C=O) groups is 2. The van der Waals surface area contributed by atoms with E-state index < -0.39 is 11.5 Å². The first-order valence-corrected chi connectivity index (χ1v) is 11.4. The van der Waals surface area contributed by atoms with E-state index in [9.17, 15) is 14.7 Å². The van der Waals surface area contributed by atoms with Crippen LogP contribution in [-0.4, -0.2) is 22.4 Å². The van der Waals surface area contributed by atoms with Crippen molar-refractivity contribution >= 4 is 23.1 Å². The van der Waals surface area contributed by atoms with Crippen LogP contribution in [0.15, 0.2) is 109 Å². The number of nitrogens with zero attached hydrogens (tertiary/aromatic N) is 1. The Morgan fingerprint density at radius 3 is 1.56 bits per heavy atom. The van der Waals surface area contributed by atoms with E-state index >= 15 is 0 Å². The van der Waals surface area contributed by atoms with Gasteiger partial charge in [-0.3, -0.25) is 4.79 Å². The zero-order valence-electron chi connectivity index (χ0n) is 18.9. The molecule has 0 spiro atoms. The van der Waals surface area contributed by atoms with Gasteiger partial charge in [0.2, 0.25) is 0 Å². The Hall–Kier alpha value is -4.18. The van der Waals surface area contributed by atoms with Gasteiger partial charge in [0.05, 0.1) is 0 Å². The van der Waals surface area contributed by atoms with Gasteiger partial charge in [-0.25, -0.2) is 4.79 Å². The van der Waals surface area contributed by atoms with Crippen LogP contribution in [0.3, 0.4) is 0 Å². The van der Waals surface area contributed by atoms with Crippen molar-refractivity contribution in [2.75, 3.05) is 4.90 Å². The summed E-state index contributed by atoms with van der Waals surface area (Å²) in [4.78, 5) is 28.5. The number of fused-ring (bicyclic) bond motifs is 3. The van der Waals surface area contributed by atoms with E-state index in [1.54, 1.807) is 4.90 Å². The topological polar surface area (TPSA) is 57.6 Å². The summed E-state index contributed by atoms with van der Waals surface area (Å²) in [6.45, 7) is 1.52. The highest BCUT2D eigenvalue weighted by Gasteiger charge is 2.49. The summed E-state index contributed by atoms with van der Waals surface area (Å²) in [5, 5.41) is 10.5. The summed E-state index contributed by atoms with van der Waals surface area (Å²) in [5.74, 6) is -1.71. The minimum absolute atomic E-state index is 0.0903. The van der Waals surface area contributed by atoms with Gasteiger partial charge in [0.25, 0.3) is 0 Å². The molecule has 4 nitrogen and oxygen atoms in total. The quantitative estimate of drug-likeness (QED) is 0.331. The van der Waals surface area contributed by atoms with E-state index in [1.807, 2.05) is 97.1 Å². The van der Waals surface area contributed by atoms with Crippen LogP contribution in [0.5, 0.6) is 0 Å². The maximum absolute atomic E-state index is 14.0. The number of carbonyl (C=O) groups excluding carboxylic acids is 1. The Morgan fingerprint density at radius 1 is 0.706 bits per heavy atom. The summed E-state index contributed by atoms with van der Waals surface area (Å²) < 4.78 is 0. The Labute approximate surface area is 199 Å². The van der Waals surface area contributed by atoms with E-state index in [1.165, 1.54) is 6.92 Å². The van der Waals surface area contributed by atoms with E-state index in [4.69, 9.17) is 0 Å². The number of carboxylic acid groups (broad SMARTS) is 1. The molecule has 0 radical (unpaired) electrons. The average Bonchev–Trinajstić information content (AvgIpc) is 3.19. The molecular weight excluding hydrogens is 422 g/mol. The number of hydrogen-bond acceptors (Lipinski definition) is 3. The molecule has 5 rings (SSSR count). The van der Waals surface area contributed by atoms with Gasteiger partial charge < -0.3 is 10.0 Å². The molecule has 168 valence electrons. The summed E-state index contributed by atoms with van der Waals surface area (Å²) in [6.07, 6.45) is 0.0903. The van der Waals surface area contributed by atoms with Crippen LogP contribution in [0.1, 0.15) is 30.4 Å². The fourth-order valence-electron chi connectivity index (χ4n) is 5.02. The predicted molar refractivity (Wildman–Crippen MR) is 134 cm³/mol. The summed E-state index contributed by atoms with van der Waals surface area (Å²) in [6, 6.07) is 34.6. The van der Waals surface area contributed by atoms with Gasteiger partial charge in [-0.05, 0) is 53.4 Å². The number of rotatable bonds is 7. The van der Waals surface area contributed by atoms with E-state index in [2.05, 4.69) is 12.1 Å². The Bertz CT molecular complexity index is 1260. The first kappa shape index (κ1) is 21.7. The third-order valence-corrected chi connectivity index (χ3v) is 6.79. The van der Waals surface area contributed by atoms with Crippen LogP contribution in [0.4, 0.5) is 11.4 Å². The Morgan fingerprint density at radius 2 is 1.12 bits per heavy atom. The van der Waals surface area contributed by atoms with Crippen molar-refractivity contribution in [3.05, 3.63) is 120 Å². The van der Waals surface area contributed by atoms with Gasteiger partial charge in [0.15, 0.2) is 11.3 Å². The maximum Gasteiger partial charge on any atom is 0.337 e. The fourth-order valence-corrected chi connectivity index (χ4v) is 5.02. The van der Waals surface area contributed by atoms with Crippen molar-refractivity contribution in [3.8, 4) is 11.1 Å². The third kappa shape index (κ3) is 3.48. The lowest BCUT2D eigenvalue weighted by atomic mass is 9.83. The normalized spacial score (nSPS) is 14.0. The Balaban J connectivity index is 1.60. The van der Waals surface area contributed by atoms with Gasteiger partial charge in [0, 0.05) is 23.7 Å². The minimum Gasteiger partial charge on any atom is -0.479 e. The van der Waals surface area contributed by atoms with Crippen molar-refractivity contribution in [2.45, 2.75) is 24.8 Å². The molecule has 34 heavy (non-hydrogen) atoms. The molecule has 4 heteroatoms. The molecule has 0 bridgehead atoms. The number of aliphatic carboxylic acids is 1. The van der Waals surface area contributed by atoms with Crippen molar-refractivity contribution in [1.29, 1.82) is 0 Å². The number of hydrogen-bond donors (Lipinski definition) is 1. The molecular formula is C30H25NO3. The van der Waals surface area contributed by atoms with Crippen LogP contribution in [0.25, 0.3) is 11.1 Å². The number of ketones is 1.